The van der Waals surface area contributed by atoms with Crippen LogP contribution in [0.25, 0.3) is 6.08 Å². The van der Waals surface area contributed by atoms with Gasteiger partial charge in [0.15, 0.2) is 5.76 Å². The van der Waals surface area contributed by atoms with E-state index in [2.05, 4.69) is 4.98 Å². The molecule has 0 radical (unpaired) electrons. The molecule has 0 saturated carbocycles. The summed E-state index contributed by atoms with van der Waals surface area (Å²) in [5.74, 6) is 0.196. The lowest BCUT2D eigenvalue weighted by atomic mass is 10.1. The summed E-state index contributed by atoms with van der Waals surface area (Å²) in [5, 5.41) is 0. The minimum absolute atomic E-state index is 0.208. The predicted molar refractivity (Wildman–Crippen MR) is 95.0 cm³/mol. The Hall–Kier alpha value is -3.73. The topological polar surface area (TPSA) is 65.5 Å². The molecule has 1 aromatic heterocycles. The van der Waals surface area contributed by atoms with E-state index in [9.17, 15) is 9.59 Å². The van der Waals surface area contributed by atoms with Crippen LogP contribution in [0.2, 0.25) is 0 Å². The normalized spacial score (nSPS) is 14.0. The fourth-order valence-electron chi connectivity index (χ4n) is 2.58. The third kappa shape index (κ3) is 3.10. The predicted octanol–water partition coefficient (Wildman–Crippen LogP) is 3.92. The van der Waals surface area contributed by atoms with Crippen LogP contribution < -0.4 is 9.47 Å². The van der Waals surface area contributed by atoms with Crippen LogP contribution in [-0.2, 0) is 0 Å². The number of esters is 1. The molecule has 1 aliphatic heterocycles. The van der Waals surface area contributed by atoms with E-state index in [1.165, 1.54) is 6.07 Å². The van der Waals surface area contributed by atoms with Crippen molar-refractivity contribution >= 4 is 17.8 Å². The van der Waals surface area contributed by atoms with Crippen molar-refractivity contribution in [3.05, 3.63) is 95.5 Å². The first kappa shape index (κ1) is 15.8. The molecule has 2 aromatic carbocycles. The summed E-state index contributed by atoms with van der Waals surface area (Å²) in [4.78, 5) is 28.6. The van der Waals surface area contributed by atoms with Crippen molar-refractivity contribution < 1.29 is 19.1 Å². The first-order valence-electron chi connectivity index (χ1n) is 7.96. The Balaban J connectivity index is 1.56. The first-order chi connectivity index (χ1) is 12.7. The monoisotopic (exact) mass is 343 g/mol. The number of allylic oxidation sites excluding steroid dienone is 1. The van der Waals surface area contributed by atoms with Gasteiger partial charge in [0, 0.05) is 18.5 Å². The smallest absolute Gasteiger partial charge is 0.343 e. The van der Waals surface area contributed by atoms with Crippen LogP contribution in [0.15, 0.2) is 78.8 Å². The van der Waals surface area contributed by atoms with Gasteiger partial charge in [0.25, 0.3) is 0 Å². The van der Waals surface area contributed by atoms with Gasteiger partial charge in [-0.15, -0.1) is 0 Å². The zero-order valence-electron chi connectivity index (χ0n) is 13.6. The van der Waals surface area contributed by atoms with E-state index >= 15 is 0 Å². The summed E-state index contributed by atoms with van der Waals surface area (Å²) < 4.78 is 11.0. The number of pyridine rings is 1. The second kappa shape index (κ2) is 6.64. The average molecular weight is 343 g/mol. The Morgan fingerprint density at radius 3 is 2.65 bits per heavy atom. The number of fused-ring (bicyclic) bond motifs is 1. The zero-order valence-corrected chi connectivity index (χ0v) is 13.6. The second-order valence-electron chi connectivity index (χ2n) is 5.64. The van der Waals surface area contributed by atoms with Crippen LogP contribution in [0.4, 0.5) is 0 Å². The number of hydrogen-bond donors (Lipinski definition) is 0. The van der Waals surface area contributed by atoms with E-state index in [4.69, 9.17) is 9.47 Å². The number of Topliss-reactive ketones (excluding diaryl/α,β-unsaturated/α-hetero) is 1. The Morgan fingerprint density at radius 1 is 1.04 bits per heavy atom. The van der Waals surface area contributed by atoms with Gasteiger partial charge in [-0.05, 0) is 42.0 Å². The maximum Gasteiger partial charge on any atom is 0.343 e. The highest BCUT2D eigenvalue weighted by Crippen LogP contribution is 2.35. The summed E-state index contributed by atoms with van der Waals surface area (Å²) in [5.41, 5.74) is 1.64. The van der Waals surface area contributed by atoms with Crippen molar-refractivity contribution in [3.8, 4) is 11.5 Å². The molecule has 0 N–H and O–H groups in total. The molecule has 26 heavy (non-hydrogen) atoms. The van der Waals surface area contributed by atoms with Crippen LogP contribution in [0.1, 0.15) is 26.3 Å². The van der Waals surface area contributed by atoms with Gasteiger partial charge in [-0.3, -0.25) is 9.78 Å². The minimum Gasteiger partial charge on any atom is -0.452 e. The lowest BCUT2D eigenvalue weighted by molar-refractivity contribution is 0.0734. The highest BCUT2D eigenvalue weighted by Gasteiger charge is 2.28. The maximum absolute atomic E-state index is 12.4. The van der Waals surface area contributed by atoms with E-state index in [-0.39, 0.29) is 11.5 Å². The van der Waals surface area contributed by atoms with Gasteiger partial charge >= 0.3 is 5.97 Å². The molecule has 3 aromatic rings. The van der Waals surface area contributed by atoms with E-state index in [0.717, 1.165) is 5.56 Å². The molecule has 0 amide bonds. The summed E-state index contributed by atoms with van der Waals surface area (Å²) in [6, 6.07) is 17.0. The number of ketones is 1. The van der Waals surface area contributed by atoms with Gasteiger partial charge in [0.05, 0.1) is 11.1 Å². The molecule has 2 heterocycles. The van der Waals surface area contributed by atoms with E-state index < -0.39 is 5.97 Å². The lowest BCUT2D eigenvalue weighted by Gasteiger charge is -2.05. The molecular weight excluding hydrogens is 330 g/mol. The van der Waals surface area contributed by atoms with Gasteiger partial charge in [-0.1, -0.05) is 24.3 Å². The van der Waals surface area contributed by atoms with Crippen LogP contribution >= 0.6 is 0 Å². The van der Waals surface area contributed by atoms with Crippen molar-refractivity contribution in [1.82, 2.24) is 4.98 Å². The largest absolute Gasteiger partial charge is 0.452 e. The molecule has 5 nitrogen and oxygen atoms in total. The SMILES string of the molecule is O=C(Oc1ccc2c(c1)O/C(=C\c1cccnc1)C2=O)c1ccccc1. The molecule has 5 heteroatoms. The Bertz CT molecular complexity index is 1010. The molecule has 0 fully saturated rings. The van der Waals surface area contributed by atoms with E-state index in [0.29, 0.717) is 22.6 Å². The van der Waals surface area contributed by atoms with Crippen molar-refractivity contribution in [2.24, 2.45) is 0 Å². The Labute approximate surface area is 149 Å². The Kier molecular flexibility index (Phi) is 4.03. The number of benzene rings is 2. The second-order valence-corrected chi connectivity index (χ2v) is 5.64. The molecule has 126 valence electrons. The molecular formula is C21H13NO4. The molecule has 0 bridgehead atoms. The van der Waals surface area contributed by atoms with Gasteiger partial charge in [-0.25, -0.2) is 4.79 Å². The number of aromatic nitrogens is 1. The quantitative estimate of drug-likeness (QED) is 0.410. The fourth-order valence-corrected chi connectivity index (χ4v) is 2.58. The molecule has 0 unspecified atom stereocenters. The third-order valence-corrected chi connectivity index (χ3v) is 3.84. The van der Waals surface area contributed by atoms with Gasteiger partial charge in [0.2, 0.25) is 5.78 Å². The van der Waals surface area contributed by atoms with Crippen molar-refractivity contribution in [1.29, 1.82) is 0 Å². The summed E-state index contributed by atoms with van der Waals surface area (Å²) in [6.45, 7) is 0. The van der Waals surface area contributed by atoms with Crippen LogP contribution in [0.3, 0.4) is 0 Å². The van der Waals surface area contributed by atoms with E-state index in [1.807, 2.05) is 12.1 Å². The minimum atomic E-state index is -0.471. The van der Waals surface area contributed by atoms with Crippen molar-refractivity contribution in [3.63, 3.8) is 0 Å². The molecule has 0 spiro atoms. The number of nitrogens with zero attached hydrogens (tertiary/aromatic N) is 1. The van der Waals surface area contributed by atoms with Crippen molar-refractivity contribution in [2.75, 3.05) is 0 Å². The Morgan fingerprint density at radius 2 is 1.88 bits per heavy atom. The molecule has 4 rings (SSSR count). The van der Waals surface area contributed by atoms with Gasteiger partial charge in [0.1, 0.15) is 11.5 Å². The first-order valence-corrected chi connectivity index (χ1v) is 7.96. The number of ether oxygens (including phenoxy) is 2. The number of rotatable bonds is 3. The highest BCUT2D eigenvalue weighted by molar-refractivity contribution is 6.14. The molecule has 0 saturated heterocycles. The number of carbonyl (C=O) groups is 2. The number of hydrogen-bond acceptors (Lipinski definition) is 5. The fraction of sp³-hybridized carbons (Fsp3) is 0. The van der Waals surface area contributed by atoms with Crippen LogP contribution in [0.5, 0.6) is 11.5 Å². The molecule has 0 atom stereocenters. The third-order valence-electron chi connectivity index (χ3n) is 3.84. The zero-order chi connectivity index (χ0) is 17.9. The van der Waals surface area contributed by atoms with Gasteiger partial charge < -0.3 is 9.47 Å². The summed E-state index contributed by atoms with van der Waals surface area (Å²) >= 11 is 0. The van der Waals surface area contributed by atoms with Gasteiger partial charge in [-0.2, -0.15) is 0 Å². The maximum atomic E-state index is 12.4. The average Bonchev–Trinajstić information content (AvgIpc) is 2.98. The lowest BCUT2D eigenvalue weighted by Crippen LogP contribution is -2.08. The summed E-state index contributed by atoms with van der Waals surface area (Å²) in [6.07, 6.45) is 4.92. The standard InChI is InChI=1S/C21H13NO4/c23-20-17-9-8-16(25-21(24)15-6-2-1-3-7-15)12-18(17)26-19(20)11-14-5-4-10-22-13-14/h1-13H/b19-11-. The van der Waals surface area contributed by atoms with Crippen molar-refractivity contribution in [2.45, 2.75) is 0 Å². The molecule has 0 aliphatic carbocycles. The van der Waals surface area contributed by atoms with Crippen LogP contribution in [0, 0.1) is 0 Å². The van der Waals surface area contributed by atoms with E-state index in [1.54, 1.807) is 60.9 Å². The highest BCUT2D eigenvalue weighted by atomic mass is 16.5. The van der Waals surface area contributed by atoms with Crippen LogP contribution in [-0.4, -0.2) is 16.7 Å². The number of carbonyl (C=O) groups excluding carboxylic acids is 2. The molecule has 1 aliphatic rings. The summed E-state index contributed by atoms with van der Waals surface area (Å²) in [7, 11) is 0.